The van der Waals surface area contributed by atoms with Crippen molar-refractivity contribution in [2.24, 2.45) is 0 Å². The minimum Gasteiger partial charge on any atom is -0.748 e. The third-order valence-electron chi connectivity index (χ3n) is 3.69. The Balaban J connectivity index is 0. The summed E-state index contributed by atoms with van der Waals surface area (Å²) in [6.07, 6.45) is 0. The van der Waals surface area contributed by atoms with Crippen LogP contribution in [-0.4, -0.2) is 0 Å². The molecule has 0 radical (unpaired) electrons. The van der Waals surface area contributed by atoms with Gasteiger partial charge in [0.25, 0.3) is 0 Å². The summed E-state index contributed by atoms with van der Waals surface area (Å²) in [4.78, 5) is 0. The first-order valence-corrected chi connectivity index (χ1v) is 8.26. The Morgan fingerprint density at radius 3 is 1.48 bits per heavy atom. The average Bonchev–Trinajstić information content (AvgIpc) is 3.29. The molecule has 152 valence electrons. The minimum atomic E-state index is 0. The van der Waals surface area contributed by atoms with Crippen molar-refractivity contribution in [3.63, 3.8) is 0 Å². The molecule has 4 aromatic carbocycles. The fourth-order valence-corrected chi connectivity index (χ4v) is 3.02. The molecule has 0 aliphatic rings. The van der Waals surface area contributed by atoms with Gasteiger partial charge in [-0.05, 0) is 0 Å². The number of halogens is 2. The Morgan fingerprint density at radius 2 is 1.04 bits per heavy atom. The van der Waals surface area contributed by atoms with E-state index in [-0.39, 0.29) is 62.3 Å². The molecule has 0 saturated heterocycles. The van der Waals surface area contributed by atoms with Crippen molar-refractivity contribution in [1.82, 2.24) is 0 Å². The molecule has 0 aliphatic heterocycles. The number of hydrogen-bond donors (Lipinski definition) is 0. The molecule has 4 aromatic rings. The van der Waals surface area contributed by atoms with Gasteiger partial charge in [0.2, 0.25) is 0 Å². The third kappa shape index (κ3) is 8.07. The van der Waals surface area contributed by atoms with Gasteiger partial charge in [0.15, 0.2) is 0 Å². The van der Waals surface area contributed by atoms with Crippen LogP contribution >= 0.6 is 34.1 Å². The van der Waals surface area contributed by atoms with Crippen LogP contribution in [0.1, 0.15) is 0 Å². The summed E-state index contributed by atoms with van der Waals surface area (Å²) in [6, 6.07) is 35.4. The molecule has 1 unspecified atom stereocenters. The van der Waals surface area contributed by atoms with Gasteiger partial charge >= 0.3 is 0 Å². The zero-order valence-electron chi connectivity index (χ0n) is 14.4. The maximum atomic E-state index is 2.83. The van der Waals surface area contributed by atoms with Gasteiger partial charge in [0.1, 0.15) is 0 Å². The van der Waals surface area contributed by atoms with Crippen molar-refractivity contribution in [2.45, 2.75) is 0 Å². The summed E-state index contributed by atoms with van der Waals surface area (Å²) >= 11 is 0. The van der Waals surface area contributed by atoms with Crippen molar-refractivity contribution in [3.8, 4) is 22.3 Å². The van der Waals surface area contributed by atoms with Crippen LogP contribution in [0.4, 0.5) is 0 Å². The summed E-state index contributed by atoms with van der Waals surface area (Å²) in [5.41, 5.74) is 5.15. The van der Waals surface area contributed by atoms with Crippen molar-refractivity contribution >= 4 is 39.4 Å². The Bertz CT molecular complexity index is 814. The normalized spacial score (nSPS) is 8.48. The van der Waals surface area contributed by atoms with E-state index in [9.17, 15) is 0 Å². The van der Waals surface area contributed by atoms with Crippen LogP contribution in [0.2, 0.25) is 0 Å². The molecule has 1 atom stereocenters. The average molecular weight is 550 g/mol. The van der Waals surface area contributed by atoms with Crippen LogP contribution in [0, 0.1) is 0 Å². The van der Waals surface area contributed by atoms with Gasteiger partial charge in [-0.25, -0.2) is 0 Å². The number of hydrogen-bond acceptors (Lipinski definition) is 0. The predicted octanol–water partition coefficient (Wildman–Crippen LogP) is 6.48. The zero-order chi connectivity index (χ0) is 15.9. The van der Waals surface area contributed by atoms with Crippen molar-refractivity contribution in [1.29, 1.82) is 0 Å². The first-order valence-electron chi connectivity index (χ1n) is 7.69. The van der Waals surface area contributed by atoms with E-state index in [0.717, 1.165) is 0 Å². The smallest absolute Gasteiger partial charge is 0 e. The van der Waals surface area contributed by atoms with E-state index < -0.39 is 0 Å². The standard InChI is InChI=1S/C17H14P.C5H5.2ClH.Fe.Pd/c18-16-12-11-15(13-7-3-1-4-8-13)17(16)14-9-5-2-6-10-14;1-2-4-5-3-1;;;;/h1-12H,18H2;1-5H;2*1H;;/q-1;-5;;;;. The monoisotopic (exact) mass is 548 g/mol. The van der Waals surface area contributed by atoms with E-state index in [4.69, 9.17) is 0 Å². The maximum absolute atomic E-state index is 2.83. The first kappa shape index (κ1) is 28.5. The van der Waals surface area contributed by atoms with E-state index in [0.29, 0.717) is 0 Å². The van der Waals surface area contributed by atoms with E-state index in [2.05, 4.69) is 82.0 Å². The first-order chi connectivity index (χ1) is 11.4. The van der Waals surface area contributed by atoms with Crippen LogP contribution in [0.3, 0.4) is 0 Å². The maximum Gasteiger partial charge on any atom is 0 e. The summed E-state index contributed by atoms with van der Waals surface area (Å²) in [5.74, 6) is 0. The largest absolute Gasteiger partial charge is 0.748 e. The molecule has 0 aromatic heterocycles. The predicted molar refractivity (Wildman–Crippen MR) is 119 cm³/mol. The third-order valence-corrected chi connectivity index (χ3v) is 4.17. The second-order valence-corrected chi connectivity index (χ2v) is 5.89. The number of benzene rings is 2. The molecule has 0 aliphatic carbocycles. The zero-order valence-corrected chi connectivity index (χ0v) is 19.8. The summed E-state index contributed by atoms with van der Waals surface area (Å²) in [6.45, 7) is 0. The van der Waals surface area contributed by atoms with Gasteiger partial charge in [-0.1, -0.05) is 71.8 Å². The Kier molecular flexibility index (Phi) is 16.1. The second kappa shape index (κ2) is 15.3. The molecule has 0 heterocycles. The van der Waals surface area contributed by atoms with Crippen LogP contribution in [0.5, 0.6) is 0 Å². The van der Waals surface area contributed by atoms with Gasteiger partial charge in [-0.2, -0.15) is 15.3 Å². The van der Waals surface area contributed by atoms with E-state index in [1.165, 1.54) is 27.6 Å². The molecular formula is C22H21Cl2FePPd-6. The van der Waals surface area contributed by atoms with Gasteiger partial charge < -0.3 is 30.3 Å². The van der Waals surface area contributed by atoms with Crippen molar-refractivity contribution < 1.29 is 37.5 Å². The number of rotatable bonds is 2. The molecule has 0 bridgehead atoms. The quantitative estimate of drug-likeness (QED) is 0.153. The molecular weight excluding hydrogens is 528 g/mol. The van der Waals surface area contributed by atoms with Gasteiger partial charge in [0.05, 0.1) is 0 Å². The molecule has 0 nitrogen and oxygen atoms in total. The minimum absolute atomic E-state index is 0. The Morgan fingerprint density at radius 1 is 0.630 bits per heavy atom. The van der Waals surface area contributed by atoms with Crippen LogP contribution in [-0.2, 0) is 37.5 Å². The molecule has 0 spiro atoms. The fraction of sp³-hybridized carbons (Fsp3) is 0. The van der Waals surface area contributed by atoms with E-state index in [1.54, 1.807) is 0 Å². The Hall–Kier alpha value is -0.668. The molecule has 0 N–H and O–H groups in total. The summed E-state index contributed by atoms with van der Waals surface area (Å²) < 4.78 is 0. The molecule has 27 heavy (non-hydrogen) atoms. The topological polar surface area (TPSA) is 0 Å². The van der Waals surface area contributed by atoms with Crippen LogP contribution in [0.15, 0.2) is 103 Å². The van der Waals surface area contributed by atoms with Crippen LogP contribution < -0.4 is 5.30 Å². The molecule has 4 rings (SSSR count). The SMILES string of the molecule is Cl.Cl.P[c-]1ccc(-c2ccccc2)c1-c1ccccc1.[Fe].[Pd].[cH-]1[cH-][cH-][cH-][cH-]1. The van der Waals surface area contributed by atoms with Gasteiger partial charge in [0, 0.05) is 37.5 Å². The van der Waals surface area contributed by atoms with Gasteiger partial charge in [-0.3, -0.25) is 0 Å². The van der Waals surface area contributed by atoms with Crippen LogP contribution in [0.25, 0.3) is 22.3 Å². The summed E-state index contributed by atoms with van der Waals surface area (Å²) in [5, 5.41) is 1.25. The molecule has 0 amide bonds. The van der Waals surface area contributed by atoms with Gasteiger partial charge in [-0.15, -0.1) is 47.3 Å². The van der Waals surface area contributed by atoms with Crippen molar-refractivity contribution in [3.05, 3.63) is 103 Å². The van der Waals surface area contributed by atoms with E-state index in [1.807, 2.05) is 30.3 Å². The second-order valence-electron chi connectivity index (χ2n) is 5.27. The van der Waals surface area contributed by atoms with E-state index >= 15 is 0 Å². The molecule has 0 fully saturated rings. The summed E-state index contributed by atoms with van der Waals surface area (Å²) in [7, 11) is 2.83. The fourth-order valence-electron chi connectivity index (χ4n) is 2.60. The molecule has 5 heteroatoms. The Labute approximate surface area is 201 Å². The van der Waals surface area contributed by atoms with Crippen molar-refractivity contribution in [2.75, 3.05) is 0 Å². The molecule has 0 saturated carbocycles.